The van der Waals surface area contributed by atoms with E-state index in [1.807, 2.05) is 85.8 Å². The van der Waals surface area contributed by atoms with Crippen LogP contribution in [0.2, 0.25) is 5.02 Å². The summed E-state index contributed by atoms with van der Waals surface area (Å²) < 4.78 is 19.6. The number of hydrogen-bond donors (Lipinski definition) is 2. The predicted octanol–water partition coefficient (Wildman–Crippen LogP) is 11.0. The van der Waals surface area contributed by atoms with Crippen LogP contribution in [-0.2, 0) is 0 Å². The highest BCUT2D eigenvalue weighted by Crippen LogP contribution is 2.40. The number of ether oxygens (including phenoxy) is 3. The summed E-state index contributed by atoms with van der Waals surface area (Å²) in [5, 5.41) is 25.1. The van der Waals surface area contributed by atoms with Crippen molar-refractivity contribution < 1.29 is 24.1 Å². The minimum atomic E-state index is -0.254. The summed E-state index contributed by atoms with van der Waals surface area (Å²) in [5.74, 6) is 3.60. The van der Waals surface area contributed by atoms with Crippen LogP contribution in [0.15, 0.2) is 114 Å². The van der Waals surface area contributed by atoms with Gasteiger partial charge in [-0.25, -0.2) is 0 Å². The van der Waals surface area contributed by atoms with Crippen molar-refractivity contribution in [2.24, 2.45) is 4.99 Å². The normalized spacial score (nSPS) is 15.2. The van der Waals surface area contributed by atoms with Gasteiger partial charge in [0.15, 0.2) is 5.82 Å². The standard InChI is InChI=1S/C51H49ClN6O5S/c1-30-31(2)64-51-47(30)48(34-9-14-37(52)15-10-34)54-44(49-56-55-32(3)58(49)51)23-26-57-24-21-39(22-25-57)63-41-18-19-42(45(59)29-41)33-11-16-38(17-12-33)53-50(60)36-13-20-46(62-5)43(28-36)35-7-6-8-40(27-35)61-4/h6-20,27-29,39,44,59H,21-26H2,1-5H3,(H,53,60). The van der Waals surface area contributed by atoms with Crippen LogP contribution in [0.1, 0.15) is 68.9 Å². The van der Waals surface area contributed by atoms with Crippen molar-refractivity contribution in [1.82, 2.24) is 19.7 Å². The number of likely N-dealkylation sites (tertiary alicyclic amines) is 1. The summed E-state index contributed by atoms with van der Waals surface area (Å²) in [4.78, 5) is 22.5. The quantitative estimate of drug-likeness (QED) is 0.124. The first-order valence-corrected chi connectivity index (χ1v) is 22.6. The molecule has 9 rings (SSSR count). The molecule has 7 aromatic rings. The Hall–Kier alpha value is -6.47. The molecule has 326 valence electrons. The number of methoxy groups -OCH3 is 2. The van der Waals surface area contributed by atoms with Crippen molar-refractivity contribution >= 4 is 40.2 Å². The number of aryl methyl sites for hydroxylation is 2. The average Bonchev–Trinajstić information content (AvgIpc) is 3.79. The van der Waals surface area contributed by atoms with Crippen LogP contribution in [0.3, 0.4) is 0 Å². The van der Waals surface area contributed by atoms with Crippen LogP contribution in [0.5, 0.6) is 23.0 Å². The Bertz CT molecular complexity index is 2860. The van der Waals surface area contributed by atoms with Crippen LogP contribution >= 0.6 is 22.9 Å². The molecule has 0 bridgehead atoms. The third-order valence-electron chi connectivity index (χ3n) is 12.2. The minimum absolute atomic E-state index is 0.0297. The average molecular weight is 894 g/mol. The summed E-state index contributed by atoms with van der Waals surface area (Å²) >= 11 is 8.07. The van der Waals surface area contributed by atoms with Gasteiger partial charge in [-0.3, -0.25) is 14.4 Å². The highest BCUT2D eigenvalue weighted by atomic mass is 35.5. The van der Waals surface area contributed by atoms with E-state index in [-0.39, 0.29) is 23.8 Å². The molecule has 2 aliphatic heterocycles. The van der Waals surface area contributed by atoms with Gasteiger partial charge in [0.1, 0.15) is 46.0 Å². The molecule has 2 aromatic heterocycles. The Labute approximate surface area is 382 Å². The molecule has 1 atom stereocenters. The maximum absolute atomic E-state index is 13.4. The van der Waals surface area contributed by atoms with E-state index in [4.69, 9.17) is 30.8 Å². The number of nitrogens with one attached hydrogen (secondary N) is 1. The van der Waals surface area contributed by atoms with Gasteiger partial charge < -0.3 is 29.5 Å². The van der Waals surface area contributed by atoms with Gasteiger partial charge in [0.05, 0.1) is 19.9 Å². The van der Waals surface area contributed by atoms with Gasteiger partial charge in [-0.05, 0) is 123 Å². The Balaban J connectivity index is 0.813. The number of anilines is 1. The van der Waals surface area contributed by atoms with Crippen LogP contribution in [0, 0.1) is 20.8 Å². The number of nitrogens with zero attached hydrogens (tertiary/aromatic N) is 5. The van der Waals surface area contributed by atoms with Crippen molar-refractivity contribution in [3.05, 3.63) is 153 Å². The molecule has 5 aromatic carbocycles. The number of rotatable bonds is 12. The molecule has 0 radical (unpaired) electrons. The van der Waals surface area contributed by atoms with E-state index >= 15 is 0 Å². The fourth-order valence-corrected chi connectivity index (χ4v) is 9.91. The van der Waals surface area contributed by atoms with Crippen molar-refractivity contribution in [3.8, 4) is 50.3 Å². The molecule has 13 heteroatoms. The first kappa shape index (κ1) is 42.8. The predicted molar refractivity (Wildman–Crippen MR) is 254 cm³/mol. The summed E-state index contributed by atoms with van der Waals surface area (Å²) in [7, 11) is 3.23. The lowest BCUT2D eigenvalue weighted by Gasteiger charge is -2.32. The Morgan fingerprint density at radius 3 is 2.33 bits per heavy atom. The number of amides is 1. The number of aromatic nitrogens is 3. The lowest BCUT2D eigenvalue weighted by molar-refractivity contribution is 0.0985. The van der Waals surface area contributed by atoms with Crippen molar-refractivity contribution in [2.45, 2.75) is 52.2 Å². The number of benzene rings is 5. The summed E-state index contributed by atoms with van der Waals surface area (Å²) in [6.45, 7) is 8.97. The van der Waals surface area contributed by atoms with Gasteiger partial charge in [0.2, 0.25) is 0 Å². The number of hydrogen-bond acceptors (Lipinski definition) is 10. The Morgan fingerprint density at radius 2 is 1.59 bits per heavy atom. The molecule has 1 saturated heterocycles. The summed E-state index contributed by atoms with van der Waals surface area (Å²) in [5.41, 5.74) is 8.62. The first-order chi connectivity index (χ1) is 31.1. The van der Waals surface area contributed by atoms with Crippen molar-refractivity contribution in [1.29, 1.82) is 0 Å². The number of carbonyl (C=O) groups is 1. The Morgan fingerprint density at radius 1 is 0.828 bits per heavy atom. The number of piperidine rings is 1. The van der Waals surface area contributed by atoms with Crippen LogP contribution in [0.25, 0.3) is 27.3 Å². The maximum Gasteiger partial charge on any atom is 0.255 e. The lowest BCUT2D eigenvalue weighted by Crippen LogP contribution is -2.39. The van der Waals surface area contributed by atoms with Crippen molar-refractivity contribution in [3.63, 3.8) is 0 Å². The molecule has 0 aliphatic carbocycles. The number of fused-ring (bicyclic) bond motifs is 3. The molecule has 0 spiro atoms. The number of phenols is 1. The topological polar surface area (TPSA) is 123 Å². The molecule has 1 unspecified atom stereocenters. The molecular weight excluding hydrogens is 844 g/mol. The number of halogens is 1. The van der Waals surface area contributed by atoms with E-state index in [0.29, 0.717) is 39.1 Å². The highest BCUT2D eigenvalue weighted by molar-refractivity contribution is 7.15. The number of phenolic OH excluding ortho intramolecular Hbond substituents is 1. The molecule has 0 saturated carbocycles. The van der Waals surface area contributed by atoms with Gasteiger partial charge >= 0.3 is 0 Å². The van der Waals surface area contributed by atoms with E-state index in [9.17, 15) is 9.90 Å². The molecule has 11 nitrogen and oxygen atoms in total. The largest absolute Gasteiger partial charge is 0.507 e. The van der Waals surface area contributed by atoms with Gasteiger partial charge in [0.25, 0.3) is 5.91 Å². The molecule has 2 N–H and O–H groups in total. The second-order valence-electron chi connectivity index (χ2n) is 16.2. The summed E-state index contributed by atoms with van der Waals surface area (Å²) in [6, 6.07) is 33.6. The monoisotopic (exact) mass is 892 g/mol. The van der Waals surface area contributed by atoms with Gasteiger partial charge in [-0.2, -0.15) is 0 Å². The minimum Gasteiger partial charge on any atom is -0.507 e. The van der Waals surface area contributed by atoms with Crippen molar-refractivity contribution in [2.75, 3.05) is 39.2 Å². The Kier molecular flexibility index (Phi) is 12.3. The van der Waals surface area contributed by atoms with Crippen LogP contribution < -0.4 is 19.5 Å². The van der Waals surface area contributed by atoms with E-state index in [1.165, 1.54) is 10.4 Å². The summed E-state index contributed by atoms with van der Waals surface area (Å²) in [6.07, 6.45) is 2.56. The van der Waals surface area contributed by atoms with E-state index in [1.54, 1.807) is 43.8 Å². The third-order valence-corrected chi connectivity index (χ3v) is 13.6. The molecule has 1 fully saturated rings. The zero-order valence-electron chi connectivity index (χ0n) is 36.4. The molecule has 4 heterocycles. The van der Waals surface area contributed by atoms with Crippen LogP contribution in [0.4, 0.5) is 5.69 Å². The maximum atomic E-state index is 13.4. The lowest BCUT2D eigenvalue weighted by atomic mass is 9.99. The second kappa shape index (κ2) is 18.3. The molecular formula is C51H49ClN6O5S. The molecule has 1 amide bonds. The highest BCUT2D eigenvalue weighted by Gasteiger charge is 2.32. The molecule has 2 aliphatic rings. The second-order valence-corrected chi connectivity index (χ2v) is 17.8. The van der Waals surface area contributed by atoms with Crippen LogP contribution in [-0.4, -0.2) is 76.3 Å². The fraction of sp³-hybridized carbons (Fsp3) is 0.255. The third kappa shape index (κ3) is 8.73. The number of thiophene rings is 1. The van der Waals surface area contributed by atoms with E-state index < -0.39 is 0 Å². The van der Waals surface area contributed by atoms with E-state index in [2.05, 4.69) is 51.0 Å². The first-order valence-electron chi connectivity index (χ1n) is 21.4. The SMILES string of the molecule is COc1cccc(-c2cc(C(=O)Nc3ccc(-c4ccc(OC5CCN(CCC6N=C(c7ccc(Cl)cc7)c7c(sc(C)c7C)-n7c(C)nnc76)CC5)cc4O)cc3)ccc2OC)c1. The number of aliphatic imine (C=N–C) groups is 1. The smallest absolute Gasteiger partial charge is 0.255 e. The number of carbonyl (C=O) groups excluding carboxylic acids is 1. The van der Waals surface area contributed by atoms with E-state index in [0.717, 1.165) is 89.1 Å². The number of aromatic hydroxyl groups is 1. The fourth-order valence-electron chi connectivity index (χ4n) is 8.57. The zero-order valence-corrected chi connectivity index (χ0v) is 38.0. The molecule has 64 heavy (non-hydrogen) atoms. The zero-order chi connectivity index (χ0) is 44.5. The van der Waals surface area contributed by atoms with Gasteiger partial charge in [-0.15, -0.1) is 21.5 Å². The van der Waals surface area contributed by atoms with Gasteiger partial charge in [0, 0.05) is 69.1 Å². The van der Waals surface area contributed by atoms with Gasteiger partial charge in [-0.1, -0.05) is 48.0 Å².